The van der Waals surface area contributed by atoms with Crippen LogP contribution in [0.1, 0.15) is 10.4 Å². The van der Waals surface area contributed by atoms with Crippen LogP contribution in [-0.4, -0.2) is 56.9 Å². The molecule has 0 radical (unpaired) electrons. The molecule has 4 atom stereocenters. The third-order valence-electron chi connectivity index (χ3n) is 2.98. The van der Waals surface area contributed by atoms with Gasteiger partial charge in [0.05, 0.1) is 6.61 Å². The smallest absolute Gasteiger partial charge is 0.261 e. The zero-order valence-electron chi connectivity index (χ0n) is 9.43. The number of ketones is 1. The minimum Gasteiger partial charge on any atom is -0.394 e. The van der Waals surface area contributed by atoms with E-state index < -0.39 is 36.5 Å². The molecular weight excluding hydrogens is 240 g/mol. The van der Waals surface area contributed by atoms with Gasteiger partial charge in [-0.1, -0.05) is 30.3 Å². The van der Waals surface area contributed by atoms with E-state index in [0.29, 0.717) is 0 Å². The molecule has 1 aromatic carbocycles. The predicted octanol–water partition coefficient (Wildman–Crippen LogP) is -1.33. The number of benzene rings is 1. The molecule has 1 aromatic rings. The van der Waals surface area contributed by atoms with Crippen molar-refractivity contribution in [1.29, 1.82) is 0 Å². The molecule has 0 aromatic heterocycles. The molecular formula is C12H14O6. The van der Waals surface area contributed by atoms with Crippen LogP contribution < -0.4 is 0 Å². The number of aliphatic hydroxyl groups excluding tert-OH is 3. The predicted molar refractivity (Wildman–Crippen MR) is 59.7 cm³/mol. The minimum absolute atomic E-state index is 0.143. The van der Waals surface area contributed by atoms with Gasteiger partial charge in [-0.05, 0) is 0 Å². The number of hydrogen-bond acceptors (Lipinski definition) is 6. The van der Waals surface area contributed by atoms with Gasteiger partial charge in [0.2, 0.25) is 5.78 Å². The molecule has 4 N–H and O–H groups in total. The summed E-state index contributed by atoms with van der Waals surface area (Å²) in [6.07, 6.45) is -4.52. The van der Waals surface area contributed by atoms with E-state index in [9.17, 15) is 20.1 Å². The van der Waals surface area contributed by atoms with Crippen molar-refractivity contribution in [1.82, 2.24) is 0 Å². The maximum atomic E-state index is 12.1. The number of Topliss-reactive ketones (excluding diaryl/α,β-unsaturated/α-hetero) is 1. The Hall–Kier alpha value is -1.31. The molecule has 98 valence electrons. The van der Waals surface area contributed by atoms with Gasteiger partial charge in [-0.2, -0.15) is 0 Å². The first-order valence-corrected chi connectivity index (χ1v) is 5.47. The number of ether oxygens (including phenoxy) is 1. The Morgan fingerprint density at radius 3 is 2.39 bits per heavy atom. The molecule has 0 aliphatic carbocycles. The Morgan fingerprint density at radius 1 is 1.28 bits per heavy atom. The Labute approximate surface area is 103 Å². The molecule has 6 heteroatoms. The summed E-state index contributed by atoms with van der Waals surface area (Å²) in [5, 5.41) is 38.2. The topological polar surface area (TPSA) is 107 Å². The van der Waals surface area contributed by atoms with Crippen molar-refractivity contribution in [3.8, 4) is 0 Å². The maximum absolute atomic E-state index is 12.1. The van der Waals surface area contributed by atoms with Gasteiger partial charge in [-0.3, -0.25) is 4.79 Å². The summed E-state index contributed by atoms with van der Waals surface area (Å²) in [4.78, 5) is 12.1. The van der Waals surface area contributed by atoms with Gasteiger partial charge in [0.1, 0.15) is 18.3 Å². The first kappa shape index (κ1) is 13.1. The fourth-order valence-corrected chi connectivity index (χ4v) is 1.93. The summed E-state index contributed by atoms with van der Waals surface area (Å²) in [7, 11) is 0. The van der Waals surface area contributed by atoms with Crippen molar-refractivity contribution < 1.29 is 30.0 Å². The van der Waals surface area contributed by atoms with Crippen LogP contribution >= 0.6 is 0 Å². The van der Waals surface area contributed by atoms with E-state index in [-0.39, 0.29) is 5.56 Å². The van der Waals surface area contributed by atoms with Crippen LogP contribution in [0, 0.1) is 0 Å². The lowest BCUT2D eigenvalue weighted by Crippen LogP contribution is -2.49. The minimum atomic E-state index is -2.53. The monoisotopic (exact) mass is 254 g/mol. The van der Waals surface area contributed by atoms with Crippen LogP contribution in [0.25, 0.3) is 0 Å². The molecule has 1 aliphatic rings. The summed E-state index contributed by atoms with van der Waals surface area (Å²) in [6, 6.07) is 7.79. The third-order valence-corrected chi connectivity index (χ3v) is 2.98. The highest BCUT2D eigenvalue weighted by Gasteiger charge is 2.57. The lowest BCUT2D eigenvalue weighted by atomic mass is 9.97. The number of aliphatic hydroxyl groups is 4. The second-order valence-electron chi connectivity index (χ2n) is 4.17. The molecule has 1 aliphatic heterocycles. The first-order valence-electron chi connectivity index (χ1n) is 5.47. The van der Waals surface area contributed by atoms with Crippen molar-refractivity contribution in [2.45, 2.75) is 24.1 Å². The van der Waals surface area contributed by atoms with E-state index >= 15 is 0 Å². The Morgan fingerprint density at radius 2 is 1.89 bits per heavy atom. The van der Waals surface area contributed by atoms with Gasteiger partial charge in [0.15, 0.2) is 0 Å². The lowest BCUT2D eigenvalue weighted by molar-refractivity contribution is -0.193. The molecule has 18 heavy (non-hydrogen) atoms. The van der Waals surface area contributed by atoms with Crippen molar-refractivity contribution in [2.24, 2.45) is 0 Å². The lowest BCUT2D eigenvalue weighted by Gasteiger charge is -2.24. The Bertz CT molecular complexity index is 433. The highest BCUT2D eigenvalue weighted by atomic mass is 16.7. The molecule has 6 nitrogen and oxygen atoms in total. The van der Waals surface area contributed by atoms with Gasteiger partial charge in [0.25, 0.3) is 5.79 Å². The normalized spacial score (nSPS) is 35.7. The van der Waals surface area contributed by atoms with Gasteiger partial charge in [-0.25, -0.2) is 0 Å². The maximum Gasteiger partial charge on any atom is 0.261 e. The Balaban J connectivity index is 2.30. The summed E-state index contributed by atoms with van der Waals surface area (Å²) < 4.78 is 4.89. The van der Waals surface area contributed by atoms with E-state index in [1.165, 1.54) is 12.1 Å². The SMILES string of the molecule is O=C(c1ccccc1)C1(O)O[C@@H](CO)[C@H](O)[C@@H]1O. The second-order valence-corrected chi connectivity index (χ2v) is 4.17. The molecule has 0 amide bonds. The largest absolute Gasteiger partial charge is 0.394 e. The van der Waals surface area contributed by atoms with Crippen molar-refractivity contribution in [3.63, 3.8) is 0 Å². The standard InChI is InChI=1S/C12H14O6/c13-6-8-9(14)11(16)12(17,18-8)10(15)7-4-2-1-3-5-7/h1-5,8-9,11,13-14,16-17H,6H2/t8-,9-,11-,12?/m0/s1. The quantitative estimate of drug-likeness (QED) is 0.498. The van der Waals surface area contributed by atoms with E-state index in [4.69, 9.17) is 9.84 Å². The zero-order chi connectivity index (χ0) is 13.3. The number of rotatable bonds is 3. The van der Waals surface area contributed by atoms with Crippen LogP contribution in [0.3, 0.4) is 0 Å². The highest BCUT2D eigenvalue weighted by Crippen LogP contribution is 2.32. The van der Waals surface area contributed by atoms with Crippen LogP contribution in [0.2, 0.25) is 0 Å². The van der Waals surface area contributed by atoms with Crippen molar-refractivity contribution >= 4 is 5.78 Å². The van der Waals surface area contributed by atoms with Crippen LogP contribution in [0.5, 0.6) is 0 Å². The number of hydrogen-bond donors (Lipinski definition) is 4. The van der Waals surface area contributed by atoms with Gasteiger partial charge < -0.3 is 25.2 Å². The van der Waals surface area contributed by atoms with E-state index in [2.05, 4.69) is 0 Å². The number of carbonyl (C=O) groups excluding carboxylic acids is 1. The van der Waals surface area contributed by atoms with E-state index in [1.807, 2.05) is 0 Å². The molecule has 0 bridgehead atoms. The summed E-state index contributed by atoms with van der Waals surface area (Å²) >= 11 is 0. The van der Waals surface area contributed by atoms with Gasteiger partial charge in [-0.15, -0.1) is 0 Å². The summed E-state index contributed by atoms with van der Waals surface area (Å²) in [5.74, 6) is -3.39. The Kier molecular flexibility index (Phi) is 3.47. The third kappa shape index (κ3) is 1.94. The molecule has 0 saturated carbocycles. The van der Waals surface area contributed by atoms with Crippen LogP contribution in [-0.2, 0) is 4.74 Å². The van der Waals surface area contributed by atoms with E-state index in [0.717, 1.165) is 0 Å². The molecule has 1 heterocycles. The van der Waals surface area contributed by atoms with Crippen molar-refractivity contribution in [3.05, 3.63) is 35.9 Å². The molecule has 2 rings (SSSR count). The highest BCUT2D eigenvalue weighted by molar-refractivity contribution is 6.02. The summed E-state index contributed by atoms with van der Waals surface area (Å²) in [6.45, 7) is -0.609. The fraction of sp³-hybridized carbons (Fsp3) is 0.417. The van der Waals surface area contributed by atoms with Gasteiger partial charge >= 0.3 is 0 Å². The molecule has 1 fully saturated rings. The zero-order valence-corrected chi connectivity index (χ0v) is 9.43. The van der Waals surface area contributed by atoms with E-state index in [1.54, 1.807) is 18.2 Å². The van der Waals surface area contributed by atoms with Crippen LogP contribution in [0.15, 0.2) is 30.3 Å². The molecule has 1 unspecified atom stereocenters. The second kappa shape index (κ2) is 4.75. The number of carbonyl (C=O) groups is 1. The molecule has 1 saturated heterocycles. The molecule has 0 spiro atoms. The average molecular weight is 254 g/mol. The first-order chi connectivity index (χ1) is 8.50. The summed E-state index contributed by atoms with van der Waals surface area (Å²) in [5.41, 5.74) is 0.143. The van der Waals surface area contributed by atoms with Crippen LogP contribution in [0.4, 0.5) is 0 Å². The fourth-order valence-electron chi connectivity index (χ4n) is 1.93. The van der Waals surface area contributed by atoms with Crippen molar-refractivity contribution in [2.75, 3.05) is 6.61 Å². The average Bonchev–Trinajstić information content (AvgIpc) is 2.64. The van der Waals surface area contributed by atoms with Gasteiger partial charge in [0, 0.05) is 5.56 Å².